The summed E-state index contributed by atoms with van der Waals surface area (Å²) in [5.41, 5.74) is 0.808. The van der Waals surface area contributed by atoms with Crippen LogP contribution in [0.3, 0.4) is 0 Å². The molecule has 0 bridgehead atoms. The molecular formula is C12H11IN2O3. The van der Waals surface area contributed by atoms with Gasteiger partial charge in [0, 0.05) is 18.2 Å². The van der Waals surface area contributed by atoms with Crippen LogP contribution in [0.1, 0.15) is 11.3 Å². The summed E-state index contributed by atoms with van der Waals surface area (Å²) in [7, 11) is 0. The fourth-order valence-corrected chi connectivity index (χ4v) is 2.07. The van der Waals surface area contributed by atoms with Crippen LogP contribution < -0.4 is 5.32 Å². The lowest BCUT2D eigenvalue weighted by molar-refractivity contribution is -0.385. The number of hydrogen-bond donors (Lipinski definition) is 1. The largest absolute Gasteiger partial charge is 0.454 e. The van der Waals surface area contributed by atoms with Crippen molar-refractivity contribution >= 4 is 28.3 Å². The van der Waals surface area contributed by atoms with Gasteiger partial charge >= 0.3 is 0 Å². The molecule has 2 aromatic rings. The number of nitro benzene ring substituents is 1. The minimum absolute atomic E-state index is 0.138. The molecule has 0 spiro atoms. The van der Waals surface area contributed by atoms with Crippen molar-refractivity contribution in [1.29, 1.82) is 0 Å². The summed E-state index contributed by atoms with van der Waals surface area (Å²) in [4.78, 5) is 10.4. The van der Waals surface area contributed by atoms with Crippen molar-refractivity contribution < 1.29 is 9.34 Å². The van der Waals surface area contributed by atoms with E-state index in [0.29, 0.717) is 18.7 Å². The third-order valence-electron chi connectivity index (χ3n) is 2.43. The van der Waals surface area contributed by atoms with Gasteiger partial charge in [0.05, 0.1) is 11.5 Å². The van der Waals surface area contributed by atoms with E-state index in [-0.39, 0.29) is 10.6 Å². The van der Waals surface area contributed by atoms with Crippen molar-refractivity contribution in [3.8, 4) is 0 Å². The Morgan fingerprint density at radius 2 is 2.00 bits per heavy atom. The van der Waals surface area contributed by atoms with Crippen LogP contribution in [0.15, 0.2) is 40.8 Å². The van der Waals surface area contributed by atoms with Gasteiger partial charge in [-0.15, -0.1) is 0 Å². The zero-order valence-electron chi connectivity index (χ0n) is 9.43. The second-order valence-electron chi connectivity index (χ2n) is 3.70. The number of para-hydroxylation sites is 1. The Hall–Kier alpha value is -1.41. The van der Waals surface area contributed by atoms with Gasteiger partial charge in [0.25, 0.3) is 5.69 Å². The van der Waals surface area contributed by atoms with Crippen LogP contribution in [0.4, 0.5) is 5.69 Å². The summed E-state index contributed by atoms with van der Waals surface area (Å²) < 4.78 is 6.22. The number of furan rings is 1. The topological polar surface area (TPSA) is 68.3 Å². The second kappa shape index (κ2) is 5.96. The highest BCUT2D eigenvalue weighted by atomic mass is 127. The highest BCUT2D eigenvalue weighted by Gasteiger charge is 2.11. The summed E-state index contributed by atoms with van der Waals surface area (Å²) in [5.74, 6) is 0.818. The van der Waals surface area contributed by atoms with Crippen LogP contribution in [-0.2, 0) is 13.1 Å². The molecule has 0 saturated heterocycles. The van der Waals surface area contributed by atoms with Gasteiger partial charge in [-0.3, -0.25) is 10.1 Å². The molecule has 0 aliphatic heterocycles. The molecule has 1 heterocycles. The van der Waals surface area contributed by atoms with Crippen LogP contribution >= 0.6 is 22.6 Å². The Morgan fingerprint density at radius 3 is 2.67 bits per heavy atom. The van der Waals surface area contributed by atoms with Crippen LogP contribution in [0.2, 0.25) is 0 Å². The maximum Gasteiger partial charge on any atom is 0.273 e. The van der Waals surface area contributed by atoms with E-state index in [1.54, 1.807) is 18.2 Å². The number of nitrogens with zero attached hydrogens (tertiary/aromatic N) is 1. The molecule has 1 aromatic carbocycles. The molecule has 0 aliphatic carbocycles. The normalized spacial score (nSPS) is 10.5. The third-order valence-corrected chi connectivity index (χ3v) is 3.01. The molecule has 0 aliphatic rings. The van der Waals surface area contributed by atoms with Crippen molar-refractivity contribution in [2.24, 2.45) is 0 Å². The van der Waals surface area contributed by atoms with Gasteiger partial charge in [-0.1, -0.05) is 18.2 Å². The fourth-order valence-electron chi connectivity index (χ4n) is 1.61. The summed E-state index contributed by atoms with van der Waals surface area (Å²) in [6.45, 7) is 0.990. The van der Waals surface area contributed by atoms with Crippen molar-refractivity contribution in [1.82, 2.24) is 5.32 Å². The molecule has 18 heavy (non-hydrogen) atoms. The number of benzene rings is 1. The Morgan fingerprint density at radius 1 is 1.22 bits per heavy atom. The van der Waals surface area contributed by atoms with E-state index < -0.39 is 0 Å². The molecule has 94 valence electrons. The van der Waals surface area contributed by atoms with E-state index in [1.165, 1.54) is 6.07 Å². The number of nitro groups is 1. The summed E-state index contributed by atoms with van der Waals surface area (Å²) in [5, 5.41) is 13.9. The lowest BCUT2D eigenvalue weighted by Crippen LogP contribution is -2.13. The third kappa shape index (κ3) is 3.30. The average Bonchev–Trinajstić information content (AvgIpc) is 2.75. The smallest absolute Gasteiger partial charge is 0.273 e. The zero-order chi connectivity index (χ0) is 13.0. The number of rotatable bonds is 5. The van der Waals surface area contributed by atoms with Gasteiger partial charge < -0.3 is 9.73 Å². The monoisotopic (exact) mass is 358 g/mol. The number of nitrogens with one attached hydrogen (secondary N) is 1. The number of halogens is 1. The van der Waals surface area contributed by atoms with Crippen molar-refractivity contribution in [2.75, 3.05) is 0 Å². The Kier molecular flexibility index (Phi) is 4.32. The Bertz CT molecular complexity index is 554. The first-order valence-electron chi connectivity index (χ1n) is 5.34. The zero-order valence-corrected chi connectivity index (χ0v) is 11.6. The lowest BCUT2D eigenvalue weighted by atomic mass is 10.2. The summed E-state index contributed by atoms with van der Waals surface area (Å²) in [6, 6.07) is 10.5. The van der Waals surface area contributed by atoms with E-state index in [0.717, 1.165) is 9.53 Å². The van der Waals surface area contributed by atoms with E-state index in [4.69, 9.17) is 4.42 Å². The molecule has 0 fully saturated rings. The quantitative estimate of drug-likeness (QED) is 0.507. The maximum absolute atomic E-state index is 10.8. The minimum atomic E-state index is -0.368. The van der Waals surface area contributed by atoms with Crippen LogP contribution in [0.5, 0.6) is 0 Å². The van der Waals surface area contributed by atoms with Crippen molar-refractivity contribution in [2.45, 2.75) is 13.1 Å². The molecule has 0 radical (unpaired) electrons. The van der Waals surface area contributed by atoms with Crippen molar-refractivity contribution in [3.63, 3.8) is 0 Å². The van der Waals surface area contributed by atoms with E-state index >= 15 is 0 Å². The van der Waals surface area contributed by atoms with Gasteiger partial charge in [0.2, 0.25) is 0 Å². The van der Waals surface area contributed by atoms with E-state index in [9.17, 15) is 10.1 Å². The SMILES string of the molecule is O=[N+]([O-])c1ccccc1CNCc1ccc(I)o1. The van der Waals surface area contributed by atoms with Gasteiger partial charge in [-0.2, -0.15) is 0 Å². The first kappa shape index (κ1) is 13.0. The van der Waals surface area contributed by atoms with E-state index in [2.05, 4.69) is 27.9 Å². The van der Waals surface area contributed by atoms with Gasteiger partial charge in [0.15, 0.2) is 3.77 Å². The molecule has 0 unspecified atom stereocenters. The number of hydrogen-bond acceptors (Lipinski definition) is 4. The average molecular weight is 358 g/mol. The molecule has 0 amide bonds. The van der Waals surface area contributed by atoms with Gasteiger partial charge in [-0.25, -0.2) is 0 Å². The van der Waals surface area contributed by atoms with Crippen LogP contribution in [-0.4, -0.2) is 4.92 Å². The summed E-state index contributed by atoms with van der Waals surface area (Å²) in [6.07, 6.45) is 0. The lowest BCUT2D eigenvalue weighted by Gasteiger charge is -2.03. The minimum Gasteiger partial charge on any atom is -0.454 e. The molecule has 6 heteroatoms. The molecule has 0 atom stereocenters. The van der Waals surface area contributed by atoms with E-state index in [1.807, 2.05) is 12.1 Å². The molecule has 5 nitrogen and oxygen atoms in total. The predicted molar refractivity (Wildman–Crippen MR) is 75.1 cm³/mol. The van der Waals surface area contributed by atoms with Crippen molar-refractivity contribution in [3.05, 3.63) is 61.6 Å². The first-order valence-corrected chi connectivity index (χ1v) is 6.42. The fraction of sp³-hybridized carbons (Fsp3) is 0.167. The summed E-state index contributed by atoms with van der Waals surface area (Å²) >= 11 is 2.09. The standard InChI is InChI=1S/C12H11IN2O3/c13-12-6-5-10(18-12)8-14-7-9-3-1-2-4-11(9)15(16)17/h1-6,14H,7-8H2. The highest BCUT2D eigenvalue weighted by Crippen LogP contribution is 2.17. The molecule has 2 rings (SSSR count). The Balaban J connectivity index is 1.96. The first-order chi connectivity index (χ1) is 8.66. The molecule has 1 N–H and O–H groups in total. The molecule has 1 aromatic heterocycles. The van der Waals surface area contributed by atoms with Crippen LogP contribution in [0.25, 0.3) is 0 Å². The Labute approximate surface area is 117 Å². The van der Waals surface area contributed by atoms with Gasteiger partial charge in [0.1, 0.15) is 5.76 Å². The highest BCUT2D eigenvalue weighted by molar-refractivity contribution is 14.1. The molecular weight excluding hydrogens is 347 g/mol. The maximum atomic E-state index is 10.8. The second-order valence-corrected chi connectivity index (χ2v) is 4.76. The predicted octanol–water partition coefficient (Wildman–Crippen LogP) is 3.08. The van der Waals surface area contributed by atoms with Crippen LogP contribution in [0, 0.1) is 13.9 Å². The van der Waals surface area contributed by atoms with Gasteiger partial charge in [-0.05, 0) is 34.7 Å². The molecule has 0 saturated carbocycles.